The lowest BCUT2D eigenvalue weighted by atomic mass is 10.1. The third-order valence-corrected chi connectivity index (χ3v) is 5.75. The Kier molecular flexibility index (Phi) is 5.84. The van der Waals surface area contributed by atoms with Crippen molar-refractivity contribution in [3.05, 3.63) is 11.1 Å². The van der Waals surface area contributed by atoms with E-state index in [1.54, 1.807) is 0 Å². The number of hydrogen-bond donors (Lipinski definition) is 3. The van der Waals surface area contributed by atoms with Gasteiger partial charge in [0.05, 0.1) is 0 Å². The van der Waals surface area contributed by atoms with Crippen molar-refractivity contribution in [2.24, 2.45) is 5.16 Å². The normalized spacial score (nSPS) is 20.5. The number of thioether (sulfide) groups is 1. The molecular weight excluding hydrogens is 410 g/mol. The first-order valence-corrected chi connectivity index (χ1v) is 9.83. The second kappa shape index (κ2) is 7.56. The number of nitrogens with one attached hydrogen (secondary N) is 1. The van der Waals surface area contributed by atoms with Crippen LogP contribution in [0.2, 0.25) is 0 Å². The molecule has 0 spiro atoms. The maximum absolute atomic E-state index is 12.4. The molecule has 2 heterocycles. The first kappa shape index (κ1) is 20.1. The van der Waals surface area contributed by atoms with E-state index >= 15 is 0 Å². The Bertz CT molecular complexity index is 880. The molecule has 2 atom stereocenters. The van der Waals surface area contributed by atoms with Crippen LogP contribution in [0.4, 0.5) is 5.13 Å². The molecular formula is C11H13N5O7S3. The molecule has 0 bridgehead atoms. The van der Waals surface area contributed by atoms with Gasteiger partial charge in [-0.15, -0.1) is 11.3 Å². The first-order valence-electron chi connectivity index (χ1n) is 6.67. The van der Waals surface area contributed by atoms with Crippen LogP contribution in [-0.4, -0.2) is 63.4 Å². The van der Waals surface area contributed by atoms with E-state index in [1.807, 2.05) is 0 Å². The Morgan fingerprint density at radius 2 is 2.19 bits per heavy atom. The summed E-state index contributed by atoms with van der Waals surface area (Å²) in [5.41, 5.74) is 5.28. The molecule has 1 aliphatic heterocycles. The minimum absolute atomic E-state index is 0.0843. The third-order valence-electron chi connectivity index (χ3n) is 2.98. The summed E-state index contributed by atoms with van der Waals surface area (Å²) in [6.45, 7) is 1.14. The summed E-state index contributed by atoms with van der Waals surface area (Å²) in [7, 11) is -3.69. The Morgan fingerprint density at radius 3 is 2.65 bits per heavy atom. The molecule has 2 amide bonds. The van der Waals surface area contributed by atoms with E-state index in [4.69, 9.17) is 10.3 Å². The van der Waals surface area contributed by atoms with Gasteiger partial charge < -0.3 is 15.9 Å². The summed E-state index contributed by atoms with van der Waals surface area (Å²) in [6, 6.07) is -1.38. The zero-order valence-corrected chi connectivity index (χ0v) is 15.7. The van der Waals surface area contributed by atoms with Gasteiger partial charge in [-0.1, -0.05) is 16.9 Å². The number of oxime groups is 1. The number of anilines is 1. The summed E-state index contributed by atoms with van der Waals surface area (Å²) < 4.78 is 31.7. The highest BCUT2D eigenvalue weighted by atomic mass is 32.2. The lowest BCUT2D eigenvalue weighted by Crippen LogP contribution is -2.71. The van der Waals surface area contributed by atoms with E-state index in [0.29, 0.717) is 11.8 Å². The molecule has 1 saturated heterocycles. The van der Waals surface area contributed by atoms with Crippen molar-refractivity contribution < 1.29 is 32.2 Å². The molecule has 142 valence electrons. The largest absolute Gasteiger partial charge is 0.398 e. The van der Waals surface area contributed by atoms with Crippen molar-refractivity contribution in [2.75, 3.05) is 12.8 Å². The molecule has 26 heavy (non-hydrogen) atoms. The maximum atomic E-state index is 12.4. The van der Waals surface area contributed by atoms with Crippen LogP contribution in [0.3, 0.4) is 0 Å². The minimum atomic E-state index is -4.88. The second-order valence-corrected chi connectivity index (χ2v) is 8.23. The predicted molar refractivity (Wildman–Crippen MR) is 92.5 cm³/mol. The SMILES string of the molecule is CO/N=C(\C(=O)N[C@@H]1C(=O)N(S(=O)(=O)O)[C@H]1SC(C)=O)c1csc(N)n1. The number of amides is 2. The van der Waals surface area contributed by atoms with Gasteiger partial charge in [0.15, 0.2) is 16.0 Å². The van der Waals surface area contributed by atoms with Crippen molar-refractivity contribution in [2.45, 2.75) is 18.3 Å². The molecule has 1 aromatic rings. The highest BCUT2D eigenvalue weighted by Crippen LogP contribution is 2.32. The van der Waals surface area contributed by atoms with Gasteiger partial charge in [0.2, 0.25) is 0 Å². The Balaban J connectivity index is 2.24. The van der Waals surface area contributed by atoms with Crippen molar-refractivity contribution >= 4 is 61.2 Å². The van der Waals surface area contributed by atoms with E-state index < -0.39 is 38.6 Å². The molecule has 0 saturated carbocycles. The van der Waals surface area contributed by atoms with Crippen LogP contribution in [0, 0.1) is 0 Å². The average Bonchev–Trinajstić information content (AvgIpc) is 2.94. The van der Waals surface area contributed by atoms with E-state index in [-0.39, 0.29) is 20.8 Å². The average molecular weight is 423 g/mol. The zero-order valence-electron chi connectivity index (χ0n) is 13.3. The summed E-state index contributed by atoms with van der Waals surface area (Å²) >= 11 is 1.50. The number of nitrogens with two attached hydrogens (primary N) is 1. The Hall–Kier alpha value is -2.23. The summed E-state index contributed by atoms with van der Waals surface area (Å²) in [5.74, 6) is -2.01. The number of nitrogens with zero attached hydrogens (tertiary/aromatic N) is 3. The van der Waals surface area contributed by atoms with Crippen LogP contribution in [0.15, 0.2) is 10.5 Å². The fourth-order valence-corrected chi connectivity index (χ4v) is 4.59. The number of rotatable bonds is 6. The van der Waals surface area contributed by atoms with Crippen LogP contribution < -0.4 is 11.1 Å². The fourth-order valence-electron chi connectivity index (χ4n) is 2.00. The number of aromatic nitrogens is 1. The molecule has 2 rings (SSSR count). The van der Waals surface area contributed by atoms with Crippen LogP contribution in [-0.2, 0) is 29.5 Å². The molecule has 12 nitrogen and oxygen atoms in total. The van der Waals surface area contributed by atoms with Crippen LogP contribution >= 0.6 is 23.1 Å². The highest BCUT2D eigenvalue weighted by Gasteiger charge is 2.55. The molecule has 0 radical (unpaired) electrons. The molecule has 0 aliphatic carbocycles. The molecule has 1 aromatic heterocycles. The molecule has 1 fully saturated rings. The minimum Gasteiger partial charge on any atom is -0.398 e. The smallest absolute Gasteiger partial charge is 0.363 e. The van der Waals surface area contributed by atoms with Gasteiger partial charge in [-0.3, -0.25) is 18.9 Å². The van der Waals surface area contributed by atoms with E-state index in [1.165, 1.54) is 12.5 Å². The predicted octanol–water partition coefficient (Wildman–Crippen LogP) is -1.19. The number of carbonyl (C=O) groups excluding carboxylic acids is 3. The van der Waals surface area contributed by atoms with Gasteiger partial charge in [-0.25, -0.2) is 4.98 Å². The molecule has 15 heteroatoms. The van der Waals surface area contributed by atoms with Crippen molar-refractivity contribution in [3.8, 4) is 0 Å². The van der Waals surface area contributed by atoms with E-state index in [9.17, 15) is 22.8 Å². The van der Waals surface area contributed by atoms with Crippen molar-refractivity contribution in [3.63, 3.8) is 0 Å². The fraction of sp³-hybridized carbons (Fsp3) is 0.364. The lowest BCUT2D eigenvalue weighted by molar-refractivity contribution is -0.141. The number of hydrogen-bond acceptors (Lipinski definition) is 11. The molecule has 1 aliphatic rings. The van der Waals surface area contributed by atoms with Gasteiger partial charge in [0.1, 0.15) is 24.2 Å². The maximum Gasteiger partial charge on any atom is 0.363 e. The summed E-state index contributed by atoms with van der Waals surface area (Å²) in [6.07, 6.45) is 0. The van der Waals surface area contributed by atoms with E-state index in [0.717, 1.165) is 18.3 Å². The number of thiazole rings is 1. The first-order chi connectivity index (χ1) is 12.1. The standard InChI is InChI=1S/C11H13N5O7S3/c1-4(17)25-10-7(9(19)16(10)26(20,21)22)14-8(18)6(15-23-2)5-3-24-11(12)13-5/h3,7,10H,1-2H3,(H2,12,13)(H,14,18)(H,20,21,22)/b15-6-/t7-,10+/m1/s1. The van der Waals surface area contributed by atoms with Crippen molar-refractivity contribution in [1.82, 2.24) is 14.6 Å². The monoisotopic (exact) mass is 423 g/mol. The molecule has 4 N–H and O–H groups in total. The summed E-state index contributed by atoms with van der Waals surface area (Å²) in [4.78, 5) is 44.1. The highest BCUT2D eigenvalue weighted by molar-refractivity contribution is 8.14. The van der Waals surface area contributed by atoms with Crippen LogP contribution in [0.1, 0.15) is 12.6 Å². The lowest BCUT2D eigenvalue weighted by Gasteiger charge is -2.42. The second-order valence-electron chi connectivity index (χ2n) is 4.76. The molecule has 0 unspecified atom stereocenters. The van der Waals surface area contributed by atoms with Gasteiger partial charge in [0.25, 0.3) is 11.8 Å². The Labute approximate surface area is 155 Å². The number of carbonyl (C=O) groups is 3. The van der Waals surface area contributed by atoms with Gasteiger partial charge in [-0.2, -0.15) is 12.7 Å². The van der Waals surface area contributed by atoms with Crippen molar-refractivity contribution in [1.29, 1.82) is 0 Å². The van der Waals surface area contributed by atoms with Crippen LogP contribution in [0.25, 0.3) is 0 Å². The Morgan fingerprint density at radius 1 is 1.54 bits per heavy atom. The molecule has 0 aromatic carbocycles. The number of nitrogen functional groups attached to an aromatic ring is 1. The summed E-state index contributed by atoms with van der Waals surface area (Å²) in [5, 5.41) is 5.52. The third kappa shape index (κ3) is 4.12. The number of β-lactam (4-membered cyclic amide) rings is 1. The topological polar surface area (TPSA) is 181 Å². The van der Waals surface area contributed by atoms with Gasteiger partial charge in [-0.05, 0) is 0 Å². The van der Waals surface area contributed by atoms with Gasteiger partial charge in [0, 0.05) is 12.3 Å². The van der Waals surface area contributed by atoms with Crippen LogP contribution in [0.5, 0.6) is 0 Å². The van der Waals surface area contributed by atoms with Gasteiger partial charge >= 0.3 is 10.3 Å². The zero-order chi connectivity index (χ0) is 19.6. The van der Waals surface area contributed by atoms with E-state index in [2.05, 4.69) is 20.3 Å². The quantitative estimate of drug-likeness (QED) is 0.218.